The van der Waals surface area contributed by atoms with Crippen molar-refractivity contribution in [3.05, 3.63) is 33.2 Å². The van der Waals surface area contributed by atoms with Crippen molar-refractivity contribution >= 4 is 44.9 Å². The summed E-state index contributed by atoms with van der Waals surface area (Å²) in [6.07, 6.45) is 3.57. The molecule has 0 aliphatic carbocycles. The van der Waals surface area contributed by atoms with E-state index >= 15 is 0 Å². The van der Waals surface area contributed by atoms with E-state index in [9.17, 15) is 9.59 Å². The summed E-state index contributed by atoms with van der Waals surface area (Å²) in [6, 6.07) is 1.93. The second kappa shape index (κ2) is 5.64. The highest BCUT2D eigenvalue weighted by atomic mass is 79.9. The molecule has 4 rings (SSSR count). The fraction of sp³-hybridized carbons (Fsp3) is 0.357. The lowest BCUT2D eigenvalue weighted by Gasteiger charge is -2.38. The van der Waals surface area contributed by atoms with E-state index in [0.717, 1.165) is 15.0 Å². The van der Waals surface area contributed by atoms with Crippen LogP contribution in [-0.4, -0.2) is 52.8 Å². The number of aromatic nitrogens is 2. The fourth-order valence-electron chi connectivity index (χ4n) is 2.75. The van der Waals surface area contributed by atoms with Gasteiger partial charge in [-0.25, -0.2) is 4.79 Å². The van der Waals surface area contributed by atoms with Gasteiger partial charge in [0.1, 0.15) is 0 Å². The van der Waals surface area contributed by atoms with E-state index in [1.807, 2.05) is 27.2 Å². The van der Waals surface area contributed by atoms with Crippen LogP contribution in [0.15, 0.2) is 28.3 Å². The summed E-state index contributed by atoms with van der Waals surface area (Å²) >= 11 is 4.81. The minimum absolute atomic E-state index is 0.0586. The Bertz CT molecular complexity index is 767. The number of halogens is 1. The van der Waals surface area contributed by atoms with Crippen LogP contribution in [0.4, 0.5) is 10.5 Å². The molecule has 2 aromatic rings. The predicted molar refractivity (Wildman–Crippen MR) is 89.9 cm³/mol. The maximum absolute atomic E-state index is 12.3. The number of carbonyl (C=O) groups is 2. The third kappa shape index (κ3) is 2.63. The zero-order chi connectivity index (χ0) is 16.0. The van der Waals surface area contributed by atoms with Gasteiger partial charge in [0.15, 0.2) is 0 Å². The van der Waals surface area contributed by atoms with Crippen LogP contribution in [0, 0.1) is 0 Å². The summed E-state index contributed by atoms with van der Waals surface area (Å²) in [5, 5.41) is 9.02. The average molecular weight is 396 g/mol. The van der Waals surface area contributed by atoms with Crippen LogP contribution >= 0.6 is 27.3 Å². The molecule has 7 nitrogen and oxygen atoms in total. The van der Waals surface area contributed by atoms with Gasteiger partial charge in [-0.15, -0.1) is 11.3 Å². The van der Waals surface area contributed by atoms with Gasteiger partial charge < -0.3 is 10.2 Å². The van der Waals surface area contributed by atoms with Crippen LogP contribution in [0.5, 0.6) is 0 Å². The van der Waals surface area contributed by atoms with Gasteiger partial charge in [0.25, 0.3) is 5.91 Å². The van der Waals surface area contributed by atoms with E-state index < -0.39 is 0 Å². The molecule has 2 aliphatic heterocycles. The molecular weight excluding hydrogens is 382 g/mol. The third-order valence-corrected chi connectivity index (χ3v) is 5.74. The fourth-order valence-corrected chi connectivity index (χ4v) is 4.15. The van der Waals surface area contributed by atoms with Crippen LogP contribution in [-0.2, 0) is 0 Å². The monoisotopic (exact) mass is 395 g/mol. The van der Waals surface area contributed by atoms with Crippen LogP contribution in [0.2, 0.25) is 0 Å². The molecule has 23 heavy (non-hydrogen) atoms. The maximum atomic E-state index is 12.3. The Morgan fingerprint density at radius 2 is 2.26 bits per heavy atom. The van der Waals surface area contributed by atoms with Gasteiger partial charge in [-0.05, 0) is 22.0 Å². The average Bonchev–Trinajstić information content (AvgIpc) is 3.18. The second-order valence-electron chi connectivity index (χ2n) is 5.56. The van der Waals surface area contributed by atoms with Crippen molar-refractivity contribution in [1.29, 1.82) is 0 Å². The topological polar surface area (TPSA) is 70.5 Å². The molecule has 2 saturated heterocycles. The number of hydrogen-bond acceptors (Lipinski definition) is 4. The molecule has 120 valence electrons. The number of carbonyl (C=O) groups excluding carboxylic acids is 2. The highest BCUT2D eigenvalue weighted by Crippen LogP contribution is 2.28. The molecule has 0 unspecified atom stereocenters. The van der Waals surface area contributed by atoms with Crippen molar-refractivity contribution < 1.29 is 9.59 Å². The van der Waals surface area contributed by atoms with E-state index in [1.165, 1.54) is 11.3 Å². The molecule has 2 fully saturated rings. The molecule has 0 bridgehead atoms. The molecule has 4 heterocycles. The summed E-state index contributed by atoms with van der Waals surface area (Å²) in [7, 11) is 0. The van der Waals surface area contributed by atoms with E-state index in [1.54, 1.807) is 11.1 Å². The first-order valence-corrected chi connectivity index (χ1v) is 8.92. The zero-order valence-electron chi connectivity index (χ0n) is 12.1. The SMILES string of the molecule is O=C(c1cc(Br)cs1)N1CC(n2cc(N3CCNC3=O)cn2)C1. The van der Waals surface area contributed by atoms with Crippen molar-refractivity contribution in [3.63, 3.8) is 0 Å². The van der Waals surface area contributed by atoms with Crippen molar-refractivity contribution in [2.24, 2.45) is 0 Å². The Labute approximate surface area is 145 Å². The molecule has 3 amide bonds. The smallest absolute Gasteiger partial charge is 0.322 e. The second-order valence-corrected chi connectivity index (χ2v) is 7.38. The van der Waals surface area contributed by atoms with E-state index in [4.69, 9.17) is 0 Å². The van der Waals surface area contributed by atoms with E-state index in [2.05, 4.69) is 26.3 Å². The lowest BCUT2D eigenvalue weighted by atomic mass is 10.1. The lowest BCUT2D eigenvalue weighted by molar-refractivity contribution is 0.0506. The summed E-state index contributed by atoms with van der Waals surface area (Å²) in [5.74, 6) is 0.0586. The molecule has 1 N–H and O–H groups in total. The Hall–Kier alpha value is -1.87. The number of thiophene rings is 1. The third-order valence-electron chi connectivity index (χ3n) is 4.06. The number of amides is 3. The molecular formula is C14H14BrN5O2S. The summed E-state index contributed by atoms with van der Waals surface area (Å²) in [4.78, 5) is 28.2. The highest BCUT2D eigenvalue weighted by molar-refractivity contribution is 9.10. The summed E-state index contributed by atoms with van der Waals surface area (Å²) in [5.41, 5.74) is 0.798. The number of hydrogen-bond donors (Lipinski definition) is 1. The Morgan fingerprint density at radius 3 is 2.91 bits per heavy atom. The van der Waals surface area contributed by atoms with Crippen LogP contribution in [0.3, 0.4) is 0 Å². The van der Waals surface area contributed by atoms with Crippen LogP contribution in [0.1, 0.15) is 15.7 Å². The lowest BCUT2D eigenvalue weighted by Crippen LogP contribution is -2.50. The first-order chi connectivity index (χ1) is 11.1. The molecule has 2 aromatic heterocycles. The molecule has 0 atom stereocenters. The van der Waals surface area contributed by atoms with Crippen molar-refractivity contribution in [3.8, 4) is 0 Å². The summed E-state index contributed by atoms with van der Waals surface area (Å²) in [6.45, 7) is 2.60. The maximum Gasteiger partial charge on any atom is 0.322 e. The minimum Gasteiger partial charge on any atom is -0.336 e. The highest BCUT2D eigenvalue weighted by Gasteiger charge is 2.34. The molecule has 0 spiro atoms. The quantitative estimate of drug-likeness (QED) is 0.862. The first kappa shape index (κ1) is 14.7. The van der Waals surface area contributed by atoms with Crippen LogP contribution in [0.25, 0.3) is 0 Å². The van der Waals surface area contributed by atoms with Gasteiger partial charge in [0.2, 0.25) is 0 Å². The summed E-state index contributed by atoms with van der Waals surface area (Å²) < 4.78 is 2.78. The Kier molecular flexibility index (Phi) is 3.61. The number of urea groups is 1. The van der Waals surface area contributed by atoms with Gasteiger partial charge in [-0.1, -0.05) is 0 Å². The number of nitrogens with one attached hydrogen (secondary N) is 1. The van der Waals surface area contributed by atoms with Gasteiger partial charge >= 0.3 is 6.03 Å². The van der Waals surface area contributed by atoms with Crippen molar-refractivity contribution in [2.75, 3.05) is 31.1 Å². The number of rotatable bonds is 3. The molecule has 0 saturated carbocycles. The molecule has 2 aliphatic rings. The predicted octanol–water partition coefficient (Wildman–Crippen LogP) is 1.93. The van der Waals surface area contributed by atoms with Gasteiger partial charge in [0.05, 0.1) is 22.8 Å². The van der Waals surface area contributed by atoms with Crippen molar-refractivity contribution in [1.82, 2.24) is 20.0 Å². The largest absolute Gasteiger partial charge is 0.336 e. The minimum atomic E-state index is -0.0850. The van der Waals surface area contributed by atoms with E-state index in [-0.39, 0.29) is 18.0 Å². The van der Waals surface area contributed by atoms with Gasteiger partial charge in [-0.3, -0.25) is 14.4 Å². The number of anilines is 1. The van der Waals surface area contributed by atoms with Gasteiger partial charge in [-0.2, -0.15) is 5.10 Å². The Morgan fingerprint density at radius 1 is 1.43 bits per heavy atom. The standard InChI is InChI=1S/C14H14BrN5O2S/c15-9-3-12(23-8-9)13(21)18-5-11(6-18)20-7-10(4-17-20)19-2-1-16-14(19)22/h3-4,7-8,11H,1-2,5-6H2,(H,16,22). The molecule has 0 radical (unpaired) electrons. The molecule has 0 aromatic carbocycles. The van der Waals surface area contributed by atoms with Crippen molar-refractivity contribution in [2.45, 2.75) is 6.04 Å². The number of likely N-dealkylation sites (tertiary alicyclic amines) is 1. The number of nitrogens with zero attached hydrogens (tertiary/aromatic N) is 4. The van der Waals surface area contributed by atoms with E-state index in [0.29, 0.717) is 26.2 Å². The Balaban J connectivity index is 1.39. The zero-order valence-corrected chi connectivity index (χ0v) is 14.5. The van der Waals surface area contributed by atoms with Gasteiger partial charge in [0, 0.05) is 42.2 Å². The molecule has 9 heteroatoms. The van der Waals surface area contributed by atoms with Crippen LogP contribution < -0.4 is 10.2 Å². The first-order valence-electron chi connectivity index (χ1n) is 7.24. The normalized spacial score (nSPS) is 18.2.